The lowest BCUT2D eigenvalue weighted by molar-refractivity contribution is -0.0327. The molecular formula is C6H5ClF3N3OS2. The van der Waals surface area contributed by atoms with Gasteiger partial charge in [-0.05, 0) is 23.4 Å². The molecule has 1 N–H and O–H groups in total. The number of carbonyl (C=O) groups is 1. The van der Waals surface area contributed by atoms with E-state index in [4.69, 9.17) is 11.6 Å². The van der Waals surface area contributed by atoms with Gasteiger partial charge in [-0.25, -0.2) is 0 Å². The molecule has 90 valence electrons. The van der Waals surface area contributed by atoms with Gasteiger partial charge in [-0.15, -0.1) is 10.2 Å². The van der Waals surface area contributed by atoms with Crippen LogP contribution in [0.15, 0.2) is 0 Å². The molecule has 1 rings (SSSR count). The van der Waals surface area contributed by atoms with Gasteiger partial charge in [0.1, 0.15) is 0 Å². The number of hydrogen-bond acceptors (Lipinski definition) is 5. The van der Waals surface area contributed by atoms with Gasteiger partial charge in [0.05, 0.1) is 0 Å². The van der Waals surface area contributed by atoms with Crippen LogP contribution < -0.4 is 5.32 Å². The molecule has 1 amide bonds. The van der Waals surface area contributed by atoms with Crippen molar-refractivity contribution in [3.63, 3.8) is 0 Å². The van der Waals surface area contributed by atoms with E-state index in [-0.39, 0.29) is 33.5 Å². The molecule has 1 aromatic heterocycles. The van der Waals surface area contributed by atoms with Gasteiger partial charge < -0.3 is 5.32 Å². The van der Waals surface area contributed by atoms with Crippen molar-refractivity contribution in [2.24, 2.45) is 0 Å². The van der Waals surface area contributed by atoms with E-state index in [1.54, 1.807) is 0 Å². The summed E-state index contributed by atoms with van der Waals surface area (Å²) in [5.41, 5.74) is -4.28. The van der Waals surface area contributed by atoms with E-state index in [2.05, 4.69) is 15.5 Å². The predicted molar refractivity (Wildman–Crippen MR) is 55.8 cm³/mol. The first kappa shape index (κ1) is 13.5. The normalized spacial score (nSPS) is 11.5. The maximum Gasteiger partial charge on any atom is 0.441 e. The van der Waals surface area contributed by atoms with Gasteiger partial charge >= 0.3 is 5.51 Å². The van der Waals surface area contributed by atoms with Gasteiger partial charge in [0, 0.05) is 12.3 Å². The fraction of sp³-hybridized carbons (Fsp3) is 0.500. The first-order valence-electron chi connectivity index (χ1n) is 3.86. The highest BCUT2D eigenvalue weighted by Gasteiger charge is 2.27. The minimum absolute atomic E-state index is 0.0296. The number of nitrogens with one attached hydrogen (secondary N) is 1. The SMILES string of the molecule is O=C(NCCSC(F)(F)F)c1nnc(Cl)s1. The molecular weight excluding hydrogens is 287 g/mol. The summed E-state index contributed by atoms with van der Waals surface area (Å²) < 4.78 is 35.3. The first-order valence-corrected chi connectivity index (χ1v) is 6.04. The number of alkyl halides is 3. The monoisotopic (exact) mass is 291 g/mol. The second-order valence-corrected chi connectivity index (χ2v) is 5.13. The van der Waals surface area contributed by atoms with Gasteiger partial charge in [-0.1, -0.05) is 11.3 Å². The van der Waals surface area contributed by atoms with Crippen LogP contribution in [0.5, 0.6) is 0 Å². The quantitative estimate of drug-likeness (QED) is 0.864. The molecule has 0 spiro atoms. The van der Waals surface area contributed by atoms with E-state index in [1.165, 1.54) is 0 Å². The molecule has 1 heterocycles. The maximum atomic E-state index is 11.7. The number of amides is 1. The Labute approximate surface area is 102 Å². The maximum absolute atomic E-state index is 11.7. The molecule has 10 heteroatoms. The fourth-order valence-corrected chi connectivity index (χ4v) is 1.88. The lowest BCUT2D eigenvalue weighted by Gasteiger charge is -2.05. The van der Waals surface area contributed by atoms with Crippen LogP contribution >= 0.6 is 34.7 Å². The topological polar surface area (TPSA) is 54.9 Å². The number of thioether (sulfide) groups is 1. The smallest absolute Gasteiger partial charge is 0.349 e. The second kappa shape index (κ2) is 5.69. The minimum atomic E-state index is -4.28. The highest BCUT2D eigenvalue weighted by atomic mass is 35.5. The molecule has 0 aliphatic heterocycles. The average Bonchev–Trinajstić information content (AvgIpc) is 2.57. The molecule has 16 heavy (non-hydrogen) atoms. The second-order valence-electron chi connectivity index (χ2n) is 2.41. The van der Waals surface area contributed by atoms with E-state index < -0.39 is 11.4 Å². The Bertz CT molecular complexity index is 370. The van der Waals surface area contributed by atoms with E-state index in [9.17, 15) is 18.0 Å². The van der Waals surface area contributed by atoms with Gasteiger partial charge in [0.15, 0.2) is 0 Å². The molecule has 0 saturated carbocycles. The van der Waals surface area contributed by atoms with Crippen molar-refractivity contribution in [3.8, 4) is 0 Å². The summed E-state index contributed by atoms with van der Waals surface area (Å²) in [5, 5.41) is 9.14. The van der Waals surface area contributed by atoms with E-state index >= 15 is 0 Å². The van der Waals surface area contributed by atoms with E-state index in [0.717, 1.165) is 11.3 Å². The Morgan fingerprint density at radius 2 is 2.19 bits per heavy atom. The molecule has 0 aliphatic rings. The van der Waals surface area contributed by atoms with Crippen molar-refractivity contribution >= 4 is 40.6 Å². The van der Waals surface area contributed by atoms with E-state index in [0.29, 0.717) is 0 Å². The molecule has 0 saturated heterocycles. The minimum Gasteiger partial charge on any atom is -0.349 e. The van der Waals surface area contributed by atoms with Crippen molar-refractivity contribution in [2.45, 2.75) is 5.51 Å². The Hall–Kier alpha value is -0.540. The Balaban J connectivity index is 2.26. The summed E-state index contributed by atoms with van der Waals surface area (Å²) >= 11 is 6.10. The molecule has 4 nitrogen and oxygen atoms in total. The number of aromatic nitrogens is 2. The summed E-state index contributed by atoms with van der Waals surface area (Å²) in [4.78, 5) is 11.2. The van der Waals surface area contributed by atoms with Gasteiger partial charge in [-0.3, -0.25) is 4.79 Å². The molecule has 1 aromatic rings. The third kappa shape index (κ3) is 4.99. The summed E-state index contributed by atoms with van der Waals surface area (Å²) in [6.07, 6.45) is 0. The van der Waals surface area contributed by atoms with Crippen LogP contribution in [0.25, 0.3) is 0 Å². The van der Waals surface area contributed by atoms with Crippen molar-refractivity contribution in [3.05, 3.63) is 9.47 Å². The van der Waals surface area contributed by atoms with Crippen LogP contribution in [-0.2, 0) is 0 Å². The van der Waals surface area contributed by atoms with Crippen LogP contribution in [0.2, 0.25) is 4.47 Å². The van der Waals surface area contributed by atoms with Crippen molar-refractivity contribution in [1.82, 2.24) is 15.5 Å². The number of halogens is 4. The largest absolute Gasteiger partial charge is 0.441 e. The Morgan fingerprint density at radius 3 is 2.69 bits per heavy atom. The molecule has 0 unspecified atom stereocenters. The van der Waals surface area contributed by atoms with Gasteiger partial charge in [0.25, 0.3) is 5.91 Å². The highest BCUT2D eigenvalue weighted by Crippen LogP contribution is 2.29. The lowest BCUT2D eigenvalue weighted by atomic mass is 10.6. The standard InChI is InChI=1S/C6H5ClF3N3OS2/c7-5-13-12-4(16-5)3(14)11-1-2-15-6(8,9)10/h1-2H2,(H,11,14). The Kier molecular flexibility index (Phi) is 4.81. The van der Waals surface area contributed by atoms with Crippen LogP contribution in [-0.4, -0.2) is 33.9 Å². The summed E-state index contributed by atoms with van der Waals surface area (Å²) in [7, 11) is 0. The summed E-state index contributed by atoms with van der Waals surface area (Å²) in [6, 6.07) is 0. The number of carbonyl (C=O) groups excluding carboxylic acids is 1. The van der Waals surface area contributed by atoms with Gasteiger partial charge in [0.2, 0.25) is 9.47 Å². The first-order chi connectivity index (χ1) is 7.38. The lowest BCUT2D eigenvalue weighted by Crippen LogP contribution is -2.26. The highest BCUT2D eigenvalue weighted by molar-refractivity contribution is 8.00. The zero-order valence-electron chi connectivity index (χ0n) is 7.55. The summed E-state index contributed by atoms with van der Waals surface area (Å²) in [6.45, 7) is -0.0970. The molecule has 0 bridgehead atoms. The number of rotatable bonds is 4. The molecule has 0 fully saturated rings. The van der Waals surface area contributed by atoms with Crippen molar-refractivity contribution < 1.29 is 18.0 Å². The zero-order valence-corrected chi connectivity index (χ0v) is 9.93. The van der Waals surface area contributed by atoms with Crippen LogP contribution in [0.3, 0.4) is 0 Å². The number of hydrogen-bond donors (Lipinski definition) is 1. The fourth-order valence-electron chi connectivity index (χ4n) is 0.704. The Morgan fingerprint density at radius 1 is 1.50 bits per heavy atom. The zero-order chi connectivity index (χ0) is 12.2. The molecule has 0 radical (unpaired) electrons. The van der Waals surface area contributed by atoms with Crippen molar-refractivity contribution in [1.29, 1.82) is 0 Å². The molecule has 0 aliphatic carbocycles. The third-order valence-electron chi connectivity index (χ3n) is 1.25. The van der Waals surface area contributed by atoms with Crippen LogP contribution in [0, 0.1) is 0 Å². The third-order valence-corrected chi connectivity index (χ3v) is 3.00. The molecule has 0 atom stereocenters. The van der Waals surface area contributed by atoms with Crippen LogP contribution in [0.1, 0.15) is 9.80 Å². The van der Waals surface area contributed by atoms with Crippen LogP contribution in [0.4, 0.5) is 13.2 Å². The molecule has 0 aromatic carbocycles. The van der Waals surface area contributed by atoms with E-state index in [1.807, 2.05) is 0 Å². The van der Waals surface area contributed by atoms with Gasteiger partial charge in [-0.2, -0.15) is 13.2 Å². The predicted octanol–water partition coefficient (Wildman–Crippen LogP) is 2.17. The summed E-state index contributed by atoms with van der Waals surface area (Å²) in [5.74, 6) is -0.825. The average molecular weight is 292 g/mol. The van der Waals surface area contributed by atoms with Crippen molar-refractivity contribution in [2.75, 3.05) is 12.3 Å². The number of nitrogens with zero attached hydrogens (tertiary/aromatic N) is 2.